The van der Waals surface area contributed by atoms with Gasteiger partial charge in [0.15, 0.2) is 0 Å². The van der Waals surface area contributed by atoms with Gasteiger partial charge in [0.05, 0.1) is 16.1 Å². The maximum Gasteiger partial charge on any atom is 0.0914 e. The lowest BCUT2D eigenvalue weighted by molar-refractivity contribution is 0.178. The molecule has 14 heavy (non-hydrogen) atoms. The Morgan fingerprint density at radius 1 is 1.36 bits per heavy atom. The average Bonchev–Trinajstić information content (AvgIpc) is 2.10. The van der Waals surface area contributed by atoms with Crippen molar-refractivity contribution in [1.29, 1.82) is 0 Å². The molecular formula is C9H12Cl3NO. The van der Waals surface area contributed by atoms with Crippen LogP contribution < -0.4 is 5.32 Å². The second kappa shape index (κ2) is 6.49. The molecule has 0 amide bonds. The third-order valence-electron chi connectivity index (χ3n) is 1.73. The molecule has 2 N–H and O–H groups in total. The molecule has 1 aromatic carbocycles. The first-order valence-electron chi connectivity index (χ1n) is 3.92. The van der Waals surface area contributed by atoms with Crippen molar-refractivity contribution in [3.8, 4) is 0 Å². The molecule has 0 radical (unpaired) electrons. The van der Waals surface area contributed by atoms with Gasteiger partial charge in [-0.1, -0.05) is 29.3 Å². The molecule has 0 aliphatic heterocycles. The standard InChI is InChI=1S/C9H11Cl2NO.ClH/c1-12-5-9(13)6-2-3-7(10)8(11)4-6;/h2-4,9,12-13H,5H2,1H3;1H. The SMILES string of the molecule is CNCC(O)c1ccc(Cl)c(Cl)c1.Cl. The predicted octanol–water partition coefficient (Wildman–Crippen LogP) is 2.67. The van der Waals surface area contributed by atoms with Gasteiger partial charge in [0.1, 0.15) is 0 Å². The summed E-state index contributed by atoms with van der Waals surface area (Å²) in [5, 5.41) is 13.4. The molecule has 1 unspecified atom stereocenters. The Bertz CT molecular complexity index is 293. The van der Waals surface area contributed by atoms with Crippen LogP contribution in [0.2, 0.25) is 10.0 Å². The van der Waals surface area contributed by atoms with Gasteiger partial charge >= 0.3 is 0 Å². The quantitative estimate of drug-likeness (QED) is 0.871. The summed E-state index contributed by atoms with van der Waals surface area (Å²) in [6.45, 7) is 0.498. The Balaban J connectivity index is 0.00000169. The van der Waals surface area contributed by atoms with Crippen molar-refractivity contribution >= 4 is 35.6 Å². The fraction of sp³-hybridized carbons (Fsp3) is 0.333. The number of rotatable bonds is 3. The van der Waals surface area contributed by atoms with E-state index >= 15 is 0 Å². The lowest BCUT2D eigenvalue weighted by Crippen LogP contribution is -2.16. The number of benzene rings is 1. The minimum Gasteiger partial charge on any atom is -0.387 e. The number of hydrogen-bond donors (Lipinski definition) is 2. The van der Waals surface area contributed by atoms with Gasteiger partial charge < -0.3 is 10.4 Å². The molecule has 1 atom stereocenters. The molecule has 0 fully saturated rings. The second-order valence-corrected chi connectivity index (χ2v) is 3.56. The Morgan fingerprint density at radius 3 is 2.50 bits per heavy atom. The van der Waals surface area contributed by atoms with Gasteiger partial charge in [0, 0.05) is 6.54 Å². The molecule has 0 saturated carbocycles. The Morgan fingerprint density at radius 2 is 2.00 bits per heavy atom. The van der Waals surface area contributed by atoms with Crippen LogP contribution in [0.1, 0.15) is 11.7 Å². The van der Waals surface area contributed by atoms with E-state index in [2.05, 4.69) is 5.32 Å². The molecule has 80 valence electrons. The zero-order valence-electron chi connectivity index (χ0n) is 7.63. The van der Waals surface area contributed by atoms with Crippen LogP contribution in [0.3, 0.4) is 0 Å². The maximum atomic E-state index is 9.57. The third-order valence-corrected chi connectivity index (χ3v) is 2.46. The van der Waals surface area contributed by atoms with Crippen LogP contribution in [0.25, 0.3) is 0 Å². The topological polar surface area (TPSA) is 32.3 Å². The van der Waals surface area contributed by atoms with Gasteiger partial charge in [0.25, 0.3) is 0 Å². The zero-order valence-corrected chi connectivity index (χ0v) is 9.96. The summed E-state index contributed by atoms with van der Waals surface area (Å²) >= 11 is 11.5. The smallest absolute Gasteiger partial charge is 0.0914 e. The summed E-state index contributed by atoms with van der Waals surface area (Å²) in [5.74, 6) is 0. The van der Waals surface area contributed by atoms with E-state index in [4.69, 9.17) is 23.2 Å². The zero-order chi connectivity index (χ0) is 9.84. The average molecular weight is 257 g/mol. The van der Waals surface area contributed by atoms with Gasteiger partial charge in [-0.2, -0.15) is 0 Å². The highest BCUT2D eigenvalue weighted by Crippen LogP contribution is 2.25. The van der Waals surface area contributed by atoms with Crippen LogP contribution in [0.4, 0.5) is 0 Å². The van der Waals surface area contributed by atoms with Gasteiger partial charge in [0.2, 0.25) is 0 Å². The minimum absolute atomic E-state index is 0. The molecule has 0 aromatic heterocycles. The van der Waals surface area contributed by atoms with Crippen molar-refractivity contribution in [2.75, 3.05) is 13.6 Å². The Labute approximate surface area is 99.6 Å². The number of aliphatic hydroxyl groups excluding tert-OH is 1. The number of nitrogens with one attached hydrogen (secondary N) is 1. The first-order valence-corrected chi connectivity index (χ1v) is 4.68. The van der Waals surface area contributed by atoms with E-state index in [1.54, 1.807) is 25.2 Å². The van der Waals surface area contributed by atoms with E-state index in [9.17, 15) is 5.11 Å². The van der Waals surface area contributed by atoms with Crippen LogP contribution in [-0.4, -0.2) is 18.7 Å². The van der Waals surface area contributed by atoms with Gasteiger partial charge in [-0.25, -0.2) is 0 Å². The first-order chi connectivity index (χ1) is 6.15. The number of halogens is 3. The largest absolute Gasteiger partial charge is 0.387 e. The molecule has 0 aliphatic carbocycles. The van der Waals surface area contributed by atoms with Gasteiger partial charge in [-0.05, 0) is 24.7 Å². The molecule has 1 rings (SSSR count). The monoisotopic (exact) mass is 255 g/mol. The molecule has 0 heterocycles. The van der Waals surface area contributed by atoms with Crippen molar-refractivity contribution in [1.82, 2.24) is 5.32 Å². The summed E-state index contributed by atoms with van der Waals surface area (Å²) in [4.78, 5) is 0. The molecular weight excluding hydrogens is 244 g/mol. The van der Waals surface area contributed by atoms with E-state index in [0.717, 1.165) is 5.56 Å². The summed E-state index contributed by atoms with van der Waals surface area (Å²) < 4.78 is 0. The highest BCUT2D eigenvalue weighted by Gasteiger charge is 2.07. The van der Waals surface area contributed by atoms with E-state index in [1.807, 2.05) is 0 Å². The first kappa shape index (κ1) is 14.0. The third kappa shape index (κ3) is 3.64. The maximum absolute atomic E-state index is 9.57. The predicted molar refractivity (Wildman–Crippen MR) is 62.6 cm³/mol. The Hall–Kier alpha value is 0.01000. The molecule has 0 aliphatic rings. The van der Waals surface area contributed by atoms with Crippen molar-refractivity contribution in [2.45, 2.75) is 6.10 Å². The summed E-state index contributed by atoms with van der Waals surface area (Å²) in [6, 6.07) is 5.11. The fourth-order valence-electron chi connectivity index (χ4n) is 1.03. The van der Waals surface area contributed by atoms with Crippen molar-refractivity contribution in [2.24, 2.45) is 0 Å². The fourth-order valence-corrected chi connectivity index (χ4v) is 1.34. The van der Waals surface area contributed by atoms with Crippen LogP contribution in [-0.2, 0) is 0 Å². The van der Waals surface area contributed by atoms with Crippen LogP contribution in [0, 0.1) is 0 Å². The van der Waals surface area contributed by atoms with Gasteiger partial charge in [-0.15, -0.1) is 12.4 Å². The Kier molecular flexibility index (Phi) is 6.49. The summed E-state index contributed by atoms with van der Waals surface area (Å²) in [7, 11) is 1.78. The number of hydrogen-bond acceptors (Lipinski definition) is 2. The highest BCUT2D eigenvalue weighted by molar-refractivity contribution is 6.42. The van der Waals surface area contributed by atoms with E-state index in [1.165, 1.54) is 0 Å². The van der Waals surface area contributed by atoms with Crippen molar-refractivity contribution < 1.29 is 5.11 Å². The van der Waals surface area contributed by atoms with Crippen molar-refractivity contribution in [3.63, 3.8) is 0 Å². The van der Waals surface area contributed by atoms with Crippen molar-refractivity contribution in [3.05, 3.63) is 33.8 Å². The molecule has 0 bridgehead atoms. The summed E-state index contributed by atoms with van der Waals surface area (Å²) in [5.41, 5.74) is 0.767. The number of aliphatic hydroxyl groups is 1. The normalized spacial score (nSPS) is 12.0. The second-order valence-electron chi connectivity index (χ2n) is 2.75. The van der Waals surface area contributed by atoms with Crippen LogP contribution in [0.15, 0.2) is 18.2 Å². The molecule has 2 nitrogen and oxygen atoms in total. The molecule has 0 saturated heterocycles. The lowest BCUT2D eigenvalue weighted by atomic mass is 10.1. The minimum atomic E-state index is -0.542. The van der Waals surface area contributed by atoms with E-state index in [-0.39, 0.29) is 12.4 Å². The van der Waals surface area contributed by atoms with Crippen LogP contribution in [0.5, 0.6) is 0 Å². The molecule has 0 spiro atoms. The highest BCUT2D eigenvalue weighted by atomic mass is 35.5. The van der Waals surface area contributed by atoms with Crippen LogP contribution >= 0.6 is 35.6 Å². The lowest BCUT2D eigenvalue weighted by Gasteiger charge is -2.10. The summed E-state index contributed by atoms with van der Waals surface area (Å²) in [6.07, 6.45) is -0.542. The van der Waals surface area contributed by atoms with Gasteiger partial charge in [-0.3, -0.25) is 0 Å². The van der Waals surface area contributed by atoms with E-state index in [0.29, 0.717) is 16.6 Å². The number of likely N-dealkylation sites (N-methyl/N-ethyl adjacent to an activating group) is 1. The molecule has 1 aromatic rings. The molecule has 5 heteroatoms. The van der Waals surface area contributed by atoms with E-state index < -0.39 is 6.10 Å².